The third kappa shape index (κ3) is 8.35. The molecule has 2 aliphatic rings. The summed E-state index contributed by atoms with van der Waals surface area (Å²) in [6, 6.07) is 0.691. The first kappa shape index (κ1) is 22.4. The molecule has 0 amide bonds. The minimum Gasteiger partial charge on any atom is -0.357 e. The van der Waals surface area contributed by atoms with Gasteiger partial charge in [0.15, 0.2) is 5.96 Å². The van der Waals surface area contributed by atoms with E-state index in [0.29, 0.717) is 31.0 Å². The van der Waals surface area contributed by atoms with E-state index in [0.717, 1.165) is 32.5 Å². The van der Waals surface area contributed by atoms with E-state index in [-0.39, 0.29) is 5.75 Å². The van der Waals surface area contributed by atoms with Crippen molar-refractivity contribution in [1.29, 1.82) is 0 Å². The van der Waals surface area contributed by atoms with Crippen molar-refractivity contribution in [2.24, 2.45) is 10.9 Å². The van der Waals surface area contributed by atoms with E-state index in [2.05, 4.69) is 32.2 Å². The van der Waals surface area contributed by atoms with Crippen LogP contribution in [0.1, 0.15) is 58.8 Å². The number of aliphatic imine (C=N–C) groups is 1. The van der Waals surface area contributed by atoms with Crippen LogP contribution in [0.25, 0.3) is 0 Å². The Morgan fingerprint density at radius 2 is 1.93 bits per heavy atom. The maximum absolute atomic E-state index is 12.1. The summed E-state index contributed by atoms with van der Waals surface area (Å²) in [7, 11) is -3.22. The second-order valence-electron chi connectivity index (χ2n) is 7.75. The van der Waals surface area contributed by atoms with Crippen molar-refractivity contribution in [2.75, 3.05) is 45.0 Å². The average molecular weight is 402 g/mol. The molecule has 8 heteroatoms. The molecule has 1 atom stereocenters. The van der Waals surface area contributed by atoms with Crippen molar-refractivity contribution in [1.82, 2.24) is 20.3 Å². The van der Waals surface area contributed by atoms with Gasteiger partial charge in [-0.15, -0.1) is 0 Å². The summed E-state index contributed by atoms with van der Waals surface area (Å²) in [4.78, 5) is 7.18. The zero-order valence-corrected chi connectivity index (χ0v) is 18.0. The van der Waals surface area contributed by atoms with Gasteiger partial charge in [-0.2, -0.15) is 0 Å². The first-order valence-electron chi connectivity index (χ1n) is 10.8. The zero-order valence-electron chi connectivity index (χ0n) is 17.2. The van der Waals surface area contributed by atoms with Crippen LogP contribution in [0.5, 0.6) is 0 Å². The van der Waals surface area contributed by atoms with Gasteiger partial charge in [-0.25, -0.2) is 13.1 Å². The van der Waals surface area contributed by atoms with Gasteiger partial charge in [0.05, 0.1) is 12.3 Å². The predicted molar refractivity (Wildman–Crippen MR) is 113 cm³/mol. The molecule has 1 aliphatic carbocycles. The number of guanidine groups is 1. The van der Waals surface area contributed by atoms with E-state index in [4.69, 9.17) is 0 Å². The standard InChI is InChI=1S/C19H39N5O2S/c1-3-18-10-5-6-13-24(18)14-11-21-19(20-4-2)22-12-15-27(25,26)23-16-17-8-7-9-17/h17-18,23H,3-16H2,1-2H3,(H2,20,21,22). The van der Waals surface area contributed by atoms with Crippen molar-refractivity contribution in [3.8, 4) is 0 Å². The lowest BCUT2D eigenvalue weighted by atomic mass is 9.86. The van der Waals surface area contributed by atoms with Crippen molar-refractivity contribution < 1.29 is 8.42 Å². The summed E-state index contributed by atoms with van der Waals surface area (Å²) >= 11 is 0. The number of hydrogen-bond acceptors (Lipinski definition) is 4. The van der Waals surface area contributed by atoms with Gasteiger partial charge in [-0.1, -0.05) is 19.8 Å². The van der Waals surface area contributed by atoms with Gasteiger partial charge in [0.1, 0.15) is 0 Å². The lowest BCUT2D eigenvalue weighted by Gasteiger charge is -2.34. The van der Waals surface area contributed by atoms with E-state index in [1.165, 1.54) is 38.6 Å². The summed E-state index contributed by atoms with van der Waals surface area (Å²) in [5, 5.41) is 6.36. The number of hydrogen-bond donors (Lipinski definition) is 3. The molecule has 2 fully saturated rings. The van der Waals surface area contributed by atoms with Crippen molar-refractivity contribution in [3.63, 3.8) is 0 Å². The van der Waals surface area contributed by atoms with Crippen LogP contribution in [0, 0.1) is 5.92 Å². The number of nitrogens with one attached hydrogen (secondary N) is 3. The molecule has 1 aliphatic heterocycles. The monoisotopic (exact) mass is 401 g/mol. The van der Waals surface area contributed by atoms with Gasteiger partial charge < -0.3 is 10.6 Å². The zero-order chi connectivity index (χ0) is 19.5. The lowest BCUT2D eigenvalue weighted by molar-refractivity contribution is 0.148. The smallest absolute Gasteiger partial charge is 0.213 e. The quantitative estimate of drug-likeness (QED) is 0.361. The Bertz CT molecular complexity index is 548. The normalized spacial score (nSPS) is 22.4. The molecule has 0 radical (unpaired) electrons. The molecule has 1 saturated carbocycles. The highest BCUT2D eigenvalue weighted by Gasteiger charge is 2.21. The highest BCUT2D eigenvalue weighted by molar-refractivity contribution is 7.89. The molecule has 0 aromatic carbocycles. The maximum atomic E-state index is 12.1. The minimum absolute atomic E-state index is 0.0775. The van der Waals surface area contributed by atoms with E-state index in [9.17, 15) is 8.42 Å². The van der Waals surface area contributed by atoms with Crippen LogP contribution in [0.4, 0.5) is 0 Å². The number of sulfonamides is 1. The molecule has 1 saturated heterocycles. The first-order chi connectivity index (χ1) is 13.0. The molecule has 158 valence electrons. The molecule has 27 heavy (non-hydrogen) atoms. The van der Waals surface area contributed by atoms with Gasteiger partial charge in [0.25, 0.3) is 0 Å². The van der Waals surface area contributed by atoms with Crippen molar-refractivity contribution >= 4 is 16.0 Å². The number of rotatable bonds is 11. The molecular formula is C19H39N5O2S. The fourth-order valence-electron chi connectivity index (χ4n) is 3.77. The van der Waals surface area contributed by atoms with Gasteiger partial charge in [0, 0.05) is 32.2 Å². The maximum Gasteiger partial charge on any atom is 0.213 e. The SMILES string of the molecule is CCNC(=NCCN1CCCCC1CC)NCCS(=O)(=O)NCC1CCC1. The second kappa shape index (κ2) is 11.9. The third-order valence-corrected chi connectivity index (χ3v) is 7.05. The highest BCUT2D eigenvalue weighted by atomic mass is 32.2. The van der Waals surface area contributed by atoms with Gasteiger partial charge in [-0.3, -0.25) is 9.89 Å². The fraction of sp³-hybridized carbons (Fsp3) is 0.947. The molecule has 1 heterocycles. The Kier molecular flexibility index (Phi) is 9.86. The molecule has 3 N–H and O–H groups in total. The van der Waals surface area contributed by atoms with Gasteiger partial charge in [-0.05, 0) is 51.5 Å². The van der Waals surface area contributed by atoms with Gasteiger partial charge in [0.2, 0.25) is 10.0 Å². The van der Waals surface area contributed by atoms with Crippen LogP contribution in [-0.2, 0) is 10.0 Å². The Morgan fingerprint density at radius 3 is 2.59 bits per heavy atom. The van der Waals surface area contributed by atoms with E-state index < -0.39 is 10.0 Å². The second-order valence-corrected chi connectivity index (χ2v) is 9.67. The lowest BCUT2D eigenvalue weighted by Crippen LogP contribution is -2.43. The highest BCUT2D eigenvalue weighted by Crippen LogP contribution is 2.25. The number of nitrogens with zero attached hydrogens (tertiary/aromatic N) is 2. The molecule has 0 spiro atoms. The van der Waals surface area contributed by atoms with Crippen LogP contribution >= 0.6 is 0 Å². The average Bonchev–Trinajstić information content (AvgIpc) is 2.60. The van der Waals surface area contributed by atoms with Crippen LogP contribution in [0.15, 0.2) is 4.99 Å². The Hall–Kier alpha value is -0.860. The fourth-order valence-corrected chi connectivity index (χ4v) is 4.77. The summed E-state index contributed by atoms with van der Waals surface area (Å²) < 4.78 is 26.9. The molecule has 1 unspecified atom stereocenters. The molecule has 7 nitrogen and oxygen atoms in total. The van der Waals surface area contributed by atoms with Crippen LogP contribution < -0.4 is 15.4 Å². The summed E-state index contributed by atoms with van der Waals surface area (Å²) in [5.41, 5.74) is 0. The van der Waals surface area contributed by atoms with E-state index in [1.807, 2.05) is 6.92 Å². The molecule has 0 aromatic heterocycles. The van der Waals surface area contributed by atoms with E-state index in [1.54, 1.807) is 0 Å². The predicted octanol–water partition coefficient (Wildman–Crippen LogP) is 1.53. The third-order valence-electron chi connectivity index (χ3n) is 5.70. The number of likely N-dealkylation sites (tertiary alicyclic amines) is 1. The molecule has 0 aromatic rings. The van der Waals surface area contributed by atoms with Crippen LogP contribution in [-0.4, -0.2) is 70.3 Å². The van der Waals surface area contributed by atoms with Crippen molar-refractivity contribution in [3.05, 3.63) is 0 Å². The summed E-state index contributed by atoms with van der Waals surface area (Å²) in [6.45, 7) is 8.87. The Balaban J connectivity index is 1.70. The Morgan fingerprint density at radius 1 is 1.11 bits per heavy atom. The Labute approximate surface area is 165 Å². The topological polar surface area (TPSA) is 85.8 Å². The van der Waals surface area contributed by atoms with Gasteiger partial charge >= 0.3 is 0 Å². The van der Waals surface area contributed by atoms with Crippen LogP contribution in [0.3, 0.4) is 0 Å². The van der Waals surface area contributed by atoms with E-state index >= 15 is 0 Å². The minimum atomic E-state index is -3.22. The number of piperidine rings is 1. The molecule has 0 bridgehead atoms. The first-order valence-corrected chi connectivity index (χ1v) is 12.4. The van der Waals surface area contributed by atoms with Crippen molar-refractivity contribution in [2.45, 2.75) is 64.8 Å². The molecular weight excluding hydrogens is 362 g/mol. The van der Waals surface area contributed by atoms with Crippen LogP contribution in [0.2, 0.25) is 0 Å². The summed E-state index contributed by atoms with van der Waals surface area (Å²) in [5.74, 6) is 1.32. The largest absolute Gasteiger partial charge is 0.357 e. The molecule has 2 rings (SSSR count). The summed E-state index contributed by atoms with van der Waals surface area (Å²) in [6.07, 6.45) is 8.64.